The van der Waals surface area contributed by atoms with Crippen LogP contribution < -0.4 is 10.6 Å². The van der Waals surface area contributed by atoms with Gasteiger partial charge in [-0.2, -0.15) is 9.97 Å². The zero-order chi connectivity index (χ0) is 21.7. The predicted octanol–water partition coefficient (Wildman–Crippen LogP) is 4.94. The van der Waals surface area contributed by atoms with E-state index in [0.717, 1.165) is 66.4 Å². The van der Waals surface area contributed by atoms with Crippen molar-refractivity contribution in [3.63, 3.8) is 0 Å². The summed E-state index contributed by atoms with van der Waals surface area (Å²) >= 11 is 0. The van der Waals surface area contributed by atoms with Gasteiger partial charge in [-0.25, -0.2) is 4.98 Å². The molecule has 4 aromatic rings. The van der Waals surface area contributed by atoms with Crippen LogP contribution in [0.4, 0.5) is 11.8 Å². The zero-order valence-electron chi connectivity index (χ0n) is 18.0. The second-order valence-corrected chi connectivity index (χ2v) is 8.77. The summed E-state index contributed by atoms with van der Waals surface area (Å²) in [5.74, 6) is 1.17. The second kappa shape index (κ2) is 7.55. The van der Waals surface area contributed by atoms with Crippen LogP contribution in [0.3, 0.4) is 0 Å². The van der Waals surface area contributed by atoms with Gasteiger partial charge in [0.1, 0.15) is 5.82 Å². The van der Waals surface area contributed by atoms with Crippen LogP contribution in [-0.4, -0.2) is 33.8 Å². The summed E-state index contributed by atoms with van der Waals surface area (Å²) < 4.78 is 0. The smallest absolute Gasteiger partial charge is 0.229 e. The van der Waals surface area contributed by atoms with E-state index in [1.807, 2.05) is 18.2 Å². The van der Waals surface area contributed by atoms with Gasteiger partial charge in [-0.05, 0) is 48.4 Å². The molecule has 1 aliphatic heterocycles. The highest BCUT2D eigenvalue weighted by Gasteiger charge is 2.28. The van der Waals surface area contributed by atoms with Crippen LogP contribution in [-0.2, 0) is 6.42 Å². The molecule has 2 aromatic heterocycles. The van der Waals surface area contributed by atoms with Gasteiger partial charge in [0, 0.05) is 30.6 Å². The number of fused-ring (bicyclic) bond motifs is 3. The number of hydrogen-bond donors (Lipinski definition) is 1. The van der Waals surface area contributed by atoms with E-state index in [2.05, 4.69) is 29.2 Å². The lowest BCUT2D eigenvalue weighted by molar-refractivity contribution is 0.0972. The molecule has 1 fully saturated rings. The molecule has 6 rings (SSSR count). The first kappa shape index (κ1) is 19.2. The lowest BCUT2D eigenvalue weighted by Crippen LogP contribution is -2.31. The first-order valence-corrected chi connectivity index (χ1v) is 11.5. The lowest BCUT2D eigenvalue weighted by Gasteiger charge is -2.27. The molecule has 0 amide bonds. The third kappa shape index (κ3) is 3.01. The average molecular weight is 424 g/mol. The van der Waals surface area contributed by atoms with E-state index >= 15 is 0 Å². The third-order valence-corrected chi connectivity index (χ3v) is 6.73. The molecule has 160 valence electrons. The van der Waals surface area contributed by atoms with Crippen molar-refractivity contribution in [2.45, 2.75) is 38.5 Å². The highest BCUT2D eigenvalue weighted by atomic mass is 16.1. The van der Waals surface area contributed by atoms with Crippen molar-refractivity contribution < 1.29 is 4.79 Å². The number of hydrogen-bond acceptors (Lipinski definition) is 6. The van der Waals surface area contributed by atoms with E-state index < -0.39 is 0 Å². The average Bonchev–Trinajstić information content (AvgIpc) is 2.83. The Bertz CT molecular complexity index is 1370. The standard InChI is InChI=1S/C26H25N5O/c27-24-23-21(18-11-6-9-16-8-2-3-10-17(16)18)22-19(12-7-13-20(22)32)28-25(23)30-26(29-24)31-14-4-1-5-15-31/h2-3,6,8-11H,1,4-5,7,12-15H2,(H2,27,28,29,30). The number of nitrogens with zero attached hydrogens (tertiary/aromatic N) is 4. The number of carbonyl (C=O) groups is 1. The van der Waals surface area contributed by atoms with Gasteiger partial charge in [0.2, 0.25) is 5.95 Å². The third-order valence-electron chi connectivity index (χ3n) is 6.73. The SMILES string of the molecule is Nc1nc(N2CCCCC2)nc2nc3c(c(-c4cccc5ccccc45)c12)C(=O)CCC3. The fourth-order valence-corrected chi connectivity index (χ4v) is 5.20. The molecule has 2 aliphatic rings. The van der Waals surface area contributed by atoms with Crippen molar-refractivity contribution in [2.24, 2.45) is 0 Å². The zero-order valence-corrected chi connectivity index (χ0v) is 18.0. The quantitative estimate of drug-likeness (QED) is 0.492. The molecule has 1 saturated heterocycles. The summed E-state index contributed by atoms with van der Waals surface area (Å²) in [5.41, 5.74) is 10.5. The van der Waals surface area contributed by atoms with Crippen LogP contribution in [0.1, 0.15) is 48.2 Å². The number of aryl methyl sites for hydroxylation is 1. The Balaban J connectivity index is 1.69. The number of nitrogens with two attached hydrogens (primary N) is 1. The van der Waals surface area contributed by atoms with Crippen LogP contribution in [0.2, 0.25) is 0 Å². The van der Waals surface area contributed by atoms with Gasteiger partial charge in [0.05, 0.1) is 11.1 Å². The summed E-state index contributed by atoms with van der Waals surface area (Å²) in [7, 11) is 0. The second-order valence-electron chi connectivity index (χ2n) is 8.77. The molecule has 0 atom stereocenters. The topological polar surface area (TPSA) is 85.0 Å². The van der Waals surface area contributed by atoms with Gasteiger partial charge in [-0.15, -0.1) is 0 Å². The Kier molecular flexibility index (Phi) is 4.52. The first-order chi connectivity index (χ1) is 15.7. The number of benzene rings is 2. The van der Waals surface area contributed by atoms with Gasteiger partial charge in [-0.1, -0.05) is 42.5 Å². The Morgan fingerprint density at radius 3 is 2.50 bits per heavy atom. The molecule has 3 heterocycles. The number of rotatable bonds is 2. The molecule has 2 N–H and O–H groups in total. The van der Waals surface area contributed by atoms with E-state index in [1.165, 1.54) is 6.42 Å². The molecule has 0 bridgehead atoms. The minimum absolute atomic E-state index is 0.128. The van der Waals surface area contributed by atoms with Gasteiger partial charge >= 0.3 is 0 Å². The number of pyridine rings is 1. The monoisotopic (exact) mass is 423 g/mol. The van der Waals surface area contributed by atoms with Crippen molar-refractivity contribution in [3.8, 4) is 11.1 Å². The van der Waals surface area contributed by atoms with Crippen molar-refractivity contribution in [1.29, 1.82) is 0 Å². The molecule has 1 aliphatic carbocycles. The Morgan fingerprint density at radius 2 is 1.62 bits per heavy atom. The van der Waals surface area contributed by atoms with Gasteiger partial charge in [0.15, 0.2) is 11.4 Å². The number of piperidine rings is 1. The molecule has 32 heavy (non-hydrogen) atoms. The van der Waals surface area contributed by atoms with Crippen molar-refractivity contribution in [1.82, 2.24) is 15.0 Å². The molecule has 0 unspecified atom stereocenters. The van der Waals surface area contributed by atoms with E-state index in [0.29, 0.717) is 34.8 Å². The number of ketones is 1. The maximum absolute atomic E-state index is 13.2. The van der Waals surface area contributed by atoms with Crippen LogP contribution in [0.5, 0.6) is 0 Å². The fraction of sp³-hybridized carbons (Fsp3) is 0.308. The summed E-state index contributed by atoms with van der Waals surface area (Å²) in [6.45, 7) is 1.87. The molecular weight excluding hydrogens is 398 g/mol. The molecule has 0 radical (unpaired) electrons. The number of anilines is 2. The van der Waals surface area contributed by atoms with Crippen LogP contribution in [0.15, 0.2) is 42.5 Å². The van der Waals surface area contributed by atoms with E-state index in [1.54, 1.807) is 0 Å². The molecule has 6 heteroatoms. The number of aromatic nitrogens is 3. The van der Waals surface area contributed by atoms with E-state index in [4.69, 9.17) is 20.7 Å². The highest BCUT2D eigenvalue weighted by molar-refractivity contribution is 6.16. The van der Waals surface area contributed by atoms with Gasteiger partial charge < -0.3 is 10.6 Å². The van der Waals surface area contributed by atoms with Crippen molar-refractivity contribution in [3.05, 3.63) is 53.7 Å². The highest BCUT2D eigenvalue weighted by Crippen LogP contribution is 2.41. The fourth-order valence-electron chi connectivity index (χ4n) is 5.20. The normalized spacial score (nSPS) is 16.5. The van der Waals surface area contributed by atoms with Crippen molar-refractivity contribution in [2.75, 3.05) is 23.7 Å². The van der Waals surface area contributed by atoms with E-state index in [-0.39, 0.29) is 5.78 Å². The van der Waals surface area contributed by atoms with Gasteiger partial charge in [-0.3, -0.25) is 4.79 Å². The predicted molar refractivity (Wildman–Crippen MR) is 128 cm³/mol. The van der Waals surface area contributed by atoms with Crippen molar-refractivity contribution >= 4 is 39.4 Å². The van der Waals surface area contributed by atoms with Crippen LogP contribution >= 0.6 is 0 Å². The number of carbonyl (C=O) groups excluding carboxylic acids is 1. The number of Topliss-reactive ketones (excluding diaryl/α,β-unsaturated/α-hetero) is 1. The Hall–Kier alpha value is -3.54. The summed E-state index contributed by atoms with van der Waals surface area (Å²) in [4.78, 5) is 29.8. The van der Waals surface area contributed by atoms with Crippen LogP contribution in [0, 0.1) is 0 Å². The number of nitrogen functional groups attached to an aromatic ring is 1. The molecule has 0 saturated carbocycles. The molecule has 0 spiro atoms. The maximum atomic E-state index is 13.2. The summed E-state index contributed by atoms with van der Waals surface area (Å²) in [6, 6.07) is 14.4. The maximum Gasteiger partial charge on any atom is 0.229 e. The minimum Gasteiger partial charge on any atom is -0.383 e. The Morgan fingerprint density at radius 1 is 0.812 bits per heavy atom. The minimum atomic E-state index is 0.128. The Labute approximate surface area is 186 Å². The van der Waals surface area contributed by atoms with Gasteiger partial charge in [0.25, 0.3) is 0 Å². The lowest BCUT2D eigenvalue weighted by atomic mass is 9.85. The van der Waals surface area contributed by atoms with Crippen LogP contribution in [0.25, 0.3) is 32.9 Å². The summed E-state index contributed by atoms with van der Waals surface area (Å²) in [5, 5.41) is 2.90. The molecule has 2 aromatic carbocycles. The first-order valence-electron chi connectivity index (χ1n) is 11.5. The molecular formula is C26H25N5O. The summed E-state index contributed by atoms with van der Waals surface area (Å²) in [6.07, 6.45) is 5.63. The largest absolute Gasteiger partial charge is 0.383 e. The van der Waals surface area contributed by atoms with E-state index in [9.17, 15) is 4.79 Å². The molecule has 6 nitrogen and oxygen atoms in total.